The van der Waals surface area contributed by atoms with Crippen LogP contribution in [0.15, 0.2) is 253 Å². The van der Waals surface area contributed by atoms with Crippen LogP contribution in [0, 0.1) is 0 Å². The normalized spacial score (nSPS) is 11.4. The van der Waals surface area contributed by atoms with Gasteiger partial charge in [-0.3, -0.25) is 0 Å². The third-order valence-corrected chi connectivity index (χ3v) is 12.2. The summed E-state index contributed by atoms with van der Waals surface area (Å²) in [4.78, 5) is 0. The molecule has 11 aromatic rings. The van der Waals surface area contributed by atoms with E-state index in [4.69, 9.17) is 4.42 Å². The number of furan rings is 1. The maximum Gasteiger partial charge on any atom is 0.135 e. The first kappa shape index (κ1) is 37.0. The topological polar surface area (TPSA) is 13.1 Å². The largest absolute Gasteiger partial charge is 0.456 e. The van der Waals surface area contributed by atoms with Crippen LogP contribution in [0.4, 0.5) is 0 Å². The minimum atomic E-state index is 0.0279. The summed E-state index contributed by atoms with van der Waals surface area (Å²) >= 11 is 0. The van der Waals surface area contributed by atoms with E-state index in [2.05, 4.69) is 237 Å². The summed E-state index contributed by atoms with van der Waals surface area (Å²) in [6.07, 6.45) is 0. The predicted octanol–water partition coefficient (Wildman–Crippen LogP) is 16.8. The van der Waals surface area contributed by atoms with E-state index in [1.54, 1.807) is 0 Å². The maximum absolute atomic E-state index is 6.11. The molecule has 10 aromatic carbocycles. The first-order chi connectivity index (χ1) is 30.7. The molecule has 0 aliphatic rings. The molecule has 0 aliphatic heterocycles. The number of rotatable bonds is 9. The number of para-hydroxylation sites is 1. The monoisotopic (exact) mass is 790 g/mol. The molecule has 1 nitrogen and oxygen atoms in total. The second kappa shape index (κ2) is 16.2. The van der Waals surface area contributed by atoms with Crippen LogP contribution in [0.2, 0.25) is 0 Å². The fraction of sp³-hybridized carbons (Fsp3) is 0.0164. The third kappa shape index (κ3) is 7.31. The molecule has 0 amide bonds. The molecule has 0 saturated heterocycles. The molecule has 0 bridgehead atoms. The van der Waals surface area contributed by atoms with Gasteiger partial charge in [0.15, 0.2) is 0 Å². The molecule has 0 N–H and O–H groups in total. The highest BCUT2D eigenvalue weighted by Gasteiger charge is 2.19. The second-order valence-corrected chi connectivity index (χ2v) is 16.1. The van der Waals surface area contributed by atoms with Gasteiger partial charge >= 0.3 is 0 Å². The molecule has 62 heavy (non-hydrogen) atoms. The van der Waals surface area contributed by atoms with Gasteiger partial charge in [0.1, 0.15) is 11.2 Å². The van der Waals surface area contributed by atoms with Crippen molar-refractivity contribution in [3.8, 4) is 66.8 Å². The Hall–Kier alpha value is -8.00. The fourth-order valence-electron chi connectivity index (χ4n) is 8.99. The van der Waals surface area contributed by atoms with Crippen LogP contribution in [0.25, 0.3) is 88.7 Å². The zero-order chi connectivity index (χ0) is 41.2. The van der Waals surface area contributed by atoms with Gasteiger partial charge in [-0.25, -0.2) is 0 Å². The summed E-state index contributed by atoms with van der Waals surface area (Å²) in [7, 11) is 0. The van der Waals surface area contributed by atoms with Crippen molar-refractivity contribution < 1.29 is 4.42 Å². The highest BCUT2D eigenvalue weighted by atomic mass is 16.3. The van der Waals surface area contributed by atoms with Crippen LogP contribution in [-0.4, -0.2) is 0 Å². The average Bonchev–Trinajstić information content (AvgIpc) is 3.73. The Bertz CT molecular complexity index is 3180. The van der Waals surface area contributed by atoms with Gasteiger partial charge in [-0.2, -0.15) is 0 Å². The summed E-state index contributed by atoms with van der Waals surface area (Å²) in [6.45, 7) is 0. The minimum Gasteiger partial charge on any atom is -0.456 e. The van der Waals surface area contributed by atoms with E-state index >= 15 is 0 Å². The van der Waals surface area contributed by atoms with Crippen LogP contribution < -0.4 is 0 Å². The van der Waals surface area contributed by atoms with E-state index in [0.717, 1.165) is 21.9 Å². The van der Waals surface area contributed by atoms with E-state index in [1.165, 1.54) is 83.5 Å². The Balaban J connectivity index is 0.937. The van der Waals surface area contributed by atoms with Gasteiger partial charge in [0.2, 0.25) is 0 Å². The molecule has 11 rings (SSSR count). The van der Waals surface area contributed by atoms with Crippen molar-refractivity contribution in [1.29, 1.82) is 0 Å². The molecule has 0 atom stereocenters. The zero-order valence-corrected chi connectivity index (χ0v) is 34.2. The lowest BCUT2D eigenvalue weighted by molar-refractivity contribution is 0.669. The quantitative estimate of drug-likeness (QED) is 0.133. The minimum absolute atomic E-state index is 0.0279. The molecular weight excluding hydrogens is 749 g/mol. The lowest BCUT2D eigenvalue weighted by atomic mass is 9.83. The summed E-state index contributed by atoms with van der Waals surface area (Å²) in [6, 6.07) is 90.1. The lowest BCUT2D eigenvalue weighted by Gasteiger charge is -2.21. The van der Waals surface area contributed by atoms with Gasteiger partial charge in [-0.05, 0) is 114 Å². The zero-order valence-electron chi connectivity index (χ0n) is 34.2. The first-order valence-electron chi connectivity index (χ1n) is 21.3. The Morgan fingerprint density at radius 3 is 1.08 bits per heavy atom. The van der Waals surface area contributed by atoms with E-state index in [9.17, 15) is 0 Å². The summed E-state index contributed by atoms with van der Waals surface area (Å²) in [5.41, 5.74) is 20.0. The van der Waals surface area contributed by atoms with Crippen molar-refractivity contribution in [1.82, 2.24) is 0 Å². The van der Waals surface area contributed by atoms with E-state index in [0.29, 0.717) is 0 Å². The van der Waals surface area contributed by atoms with Gasteiger partial charge in [-0.15, -0.1) is 0 Å². The molecule has 292 valence electrons. The Labute approximate surface area is 362 Å². The Kier molecular flexibility index (Phi) is 9.69. The molecule has 0 saturated carbocycles. The molecule has 1 heteroatoms. The van der Waals surface area contributed by atoms with Crippen LogP contribution >= 0.6 is 0 Å². The number of hydrogen-bond acceptors (Lipinski definition) is 1. The molecule has 1 aromatic heterocycles. The van der Waals surface area contributed by atoms with Crippen molar-refractivity contribution in [2.75, 3.05) is 0 Å². The predicted molar refractivity (Wildman–Crippen MR) is 260 cm³/mol. The molecule has 0 aliphatic carbocycles. The van der Waals surface area contributed by atoms with Crippen LogP contribution in [0.3, 0.4) is 0 Å². The Morgan fingerprint density at radius 2 is 0.565 bits per heavy atom. The summed E-state index contributed by atoms with van der Waals surface area (Å²) in [5, 5.41) is 2.29. The molecule has 0 unspecified atom stereocenters. The fourth-order valence-corrected chi connectivity index (χ4v) is 8.99. The van der Waals surface area contributed by atoms with Gasteiger partial charge < -0.3 is 4.42 Å². The van der Waals surface area contributed by atoms with Crippen molar-refractivity contribution in [3.63, 3.8) is 0 Å². The van der Waals surface area contributed by atoms with E-state index < -0.39 is 0 Å². The summed E-state index contributed by atoms with van der Waals surface area (Å²) in [5.74, 6) is 0.0279. The summed E-state index contributed by atoms with van der Waals surface area (Å²) < 4.78 is 6.11. The highest BCUT2D eigenvalue weighted by Crippen LogP contribution is 2.38. The van der Waals surface area contributed by atoms with E-state index in [1.807, 2.05) is 12.1 Å². The van der Waals surface area contributed by atoms with E-state index in [-0.39, 0.29) is 5.92 Å². The van der Waals surface area contributed by atoms with Crippen molar-refractivity contribution >= 4 is 21.9 Å². The van der Waals surface area contributed by atoms with Crippen LogP contribution in [0.5, 0.6) is 0 Å². The Morgan fingerprint density at radius 1 is 0.210 bits per heavy atom. The molecular formula is C61H42O. The smallest absolute Gasteiger partial charge is 0.135 e. The molecule has 0 spiro atoms. The first-order valence-corrected chi connectivity index (χ1v) is 21.3. The SMILES string of the molecule is c1ccc(-c2cccc(-c3ccc(C(c4ccc(-c5cccc(-c6ccccc6)c5)cc4)c4cccc(-c5ccc(-c6ccc7oc8ccccc8c7c6)cc5)c4)cc3)c2)cc1. The highest BCUT2D eigenvalue weighted by molar-refractivity contribution is 6.06. The van der Waals surface area contributed by atoms with Crippen molar-refractivity contribution in [3.05, 3.63) is 265 Å². The van der Waals surface area contributed by atoms with Crippen molar-refractivity contribution in [2.45, 2.75) is 5.92 Å². The lowest BCUT2D eigenvalue weighted by Crippen LogP contribution is -2.04. The number of hydrogen-bond donors (Lipinski definition) is 0. The number of benzene rings is 10. The standard InChI is InChI=1S/C61H42O/c1-3-12-42(13-4-1)50-16-9-18-52(38-50)45-28-32-48(33-29-45)61(49-34-30-46(31-35-49)53-19-10-17-51(39-53)43-14-5-2-6-15-43)56-21-11-20-54(40-56)44-24-26-47(27-25-44)55-36-37-60-58(41-55)57-22-7-8-23-59(57)62-60/h1-41,61H. The van der Waals surface area contributed by atoms with Gasteiger partial charge in [0.05, 0.1) is 0 Å². The van der Waals surface area contributed by atoms with Gasteiger partial charge in [0.25, 0.3) is 0 Å². The number of fused-ring (bicyclic) bond motifs is 3. The van der Waals surface area contributed by atoms with Crippen LogP contribution in [0.1, 0.15) is 22.6 Å². The van der Waals surface area contributed by atoms with Gasteiger partial charge in [0, 0.05) is 16.7 Å². The average molecular weight is 791 g/mol. The molecule has 1 heterocycles. The van der Waals surface area contributed by atoms with Crippen LogP contribution in [-0.2, 0) is 0 Å². The molecule has 0 radical (unpaired) electrons. The third-order valence-electron chi connectivity index (χ3n) is 12.2. The molecule has 0 fully saturated rings. The second-order valence-electron chi connectivity index (χ2n) is 16.1. The van der Waals surface area contributed by atoms with Crippen molar-refractivity contribution in [2.24, 2.45) is 0 Å². The van der Waals surface area contributed by atoms with Gasteiger partial charge in [-0.1, -0.05) is 218 Å². The maximum atomic E-state index is 6.11.